The third-order valence-electron chi connectivity index (χ3n) is 3.91. The molecule has 0 aliphatic rings. The number of hydrogen-bond acceptors (Lipinski definition) is 3. The average Bonchev–Trinajstić information content (AvgIpc) is 2.89. The van der Waals surface area contributed by atoms with Crippen LogP contribution in [-0.4, -0.2) is 45.8 Å². The highest BCUT2D eigenvalue weighted by molar-refractivity contribution is 6.02. The number of carboxylic acid groups (broad SMARTS) is 1. The van der Waals surface area contributed by atoms with Gasteiger partial charge in [-0.05, 0) is 35.4 Å². The zero-order valence-electron chi connectivity index (χ0n) is 13.6. The molecule has 2 aromatic carbocycles. The normalized spacial score (nSPS) is 10.8. The summed E-state index contributed by atoms with van der Waals surface area (Å²) in [6.07, 6.45) is 0. The zero-order chi connectivity index (χ0) is 17.4. The van der Waals surface area contributed by atoms with E-state index in [2.05, 4.69) is 5.10 Å². The van der Waals surface area contributed by atoms with Crippen LogP contribution in [0.1, 0.15) is 20.8 Å². The molecule has 1 heterocycles. The Balaban J connectivity index is 2.05. The largest absolute Gasteiger partial charge is 0.477 e. The molecule has 3 aromatic rings. The molecular weight excluding hydrogens is 306 g/mol. The van der Waals surface area contributed by atoms with E-state index in [1.54, 1.807) is 39.3 Å². The van der Waals surface area contributed by atoms with E-state index in [-0.39, 0.29) is 11.6 Å². The molecule has 3 rings (SSSR count). The molecule has 0 fully saturated rings. The van der Waals surface area contributed by atoms with Gasteiger partial charge in [-0.2, -0.15) is 5.10 Å². The van der Waals surface area contributed by atoms with Crippen LogP contribution in [0.3, 0.4) is 0 Å². The van der Waals surface area contributed by atoms with Crippen molar-refractivity contribution in [3.8, 4) is 11.1 Å². The lowest BCUT2D eigenvalue weighted by Gasteiger charge is -2.10. The lowest BCUT2D eigenvalue weighted by Crippen LogP contribution is -2.21. The van der Waals surface area contributed by atoms with Crippen molar-refractivity contribution in [2.45, 2.75) is 0 Å². The zero-order valence-corrected chi connectivity index (χ0v) is 13.6. The fourth-order valence-electron chi connectivity index (χ4n) is 2.70. The van der Waals surface area contributed by atoms with Crippen molar-refractivity contribution in [3.05, 3.63) is 53.7 Å². The molecule has 0 unspecified atom stereocenters. The molecule has 1 N–H and O–H groups in total. The summed E-state index contributed by atoms with van der Waals surface area (Å²) in [6.45, 7) is 0. The van der Waals surface area contributed by atoms with Gasteiger partial charge in [0.15, 0.2) is 5.69 Å². The van der Waals surface area contributed by atoms with E-state index in [9.17, 15) is 14.7 Å². The van der Waals surface area contributed by atoms with Gasteiger partial charge in [0.05, 0.1) is 5.52 Å². The van der Waals surface area contributed by atoms with Crippen LogP contribution in [-0.2, 0) is 7.05 Å². The second kappa shape index (κ2) is 5.81. The molecule has 0 aliphatic carbocycles. The number of benzene rings is 2. The van der Waals surface area contributed by atoms with Crippen LogP contribution in [0.15, 0.2) is 42.5 Å². The molecule has 0 bridgehead atoms. The van der Waals surface area contributed by atoms with Crippen molar-refractivity contribution in [1.29, 1.82) is 0 Å². The van der Waals surface area contributed by atoms with E-state index in [0.29, 0.717) is 16.5 Å². The Hall–Kier alpha value is -3.15. The highest BCUT2D eigenvalue weighted by Crippen LogP contribution is 2.26. The minimum Gasteiger partial charge on any atom is -0.477 e. The van der Waals surface area contributed by atoms with Crippen molar-refractivity contribution in [1.82, 2.24) is 14.7 Å². The van der Waals surface area contributed by atoms with Crippen LogP contribution in [0.25, 0.3) is 22.0 Å². The highest BCUT2D eigenvalue weighted by Gasteiger charge is 2.16. The standard InChI is InChI=1S/C18H17N3O3/c1-20(2)17(22)12-6-4-11(5-7-12)13-8-9-15-14(10-13)16(18(23)24)21(3)19-15/h4-10H,1-3H3,(H,23,24). The SMILES string of the molecule is CN(C)C(=O)c1ccc(-c2ccc3nn(C)c(C(=O)O)c3c2)cc1. The van der Waals surface area contributed by atoms with Crippen molar-refractivity contribution in [2.75, 3.05) is 14.1 Å². The molecule has 1 amide bonds. The summed E-state index contributed by atoms with van der Waals surface area (Å²) in [5.74, 6) is -1.07. The van der Waals surface area contributed by atoms with E-state index < -0.39 is 5.97 Å². The van der Waals surface area contributed by atoms with Crippen LogP contribution in [0.5, 0.6) is 0 Å². The number of aromatic nitrogens is 2. The highest BCUT2D eigenvalue weighted by atomic mass is 16.4. The predicted molar refractivity (Wildman–Crippen MR) is 91.1 cm³/mol. The molecule has 0 saturated heterocycles. The third kappa shape index (κ3) is 2.62. The molecule has 0 saturated carbocycles. The fraction of sp³-hybridized carbons (Fsp3) is 0.167. The Morgan fingerprint density at radius 3 is 2.25 bits per heavy atom. The molecular formula is C18H17N3O3. The number of amides is 1. The van der Waals surface area contributed by atoms with Crippen molar-refractivity contribution < 1.29 is 14.7 Å². The topological polar surface area (TPSA) is 75.4 Å². The molecule has 6 heteroatoms. The van der Waals surface area contributed by atoms with E-state index in [4.69, 9.17) is 0 Å². The van der Waals surface area contributed by atoms with E-state index in [1.165, 1.54) is 9.58 Å². The van der Waals surface area contributed by atoms with Gasteiger partial charge in [-0.25, -0.2) is 4.79 Å². The van der Waals surface area contributed by atoms with Crippen LogP contribution < -0.4 is 0 Å². The number of aromatic carboxylic acids is 1. The van der Waals surface area contributed by atoms with E-state index >= 15 is 0 Å². The molecule has 6 nitrogen and oxygen atoms in total. The molecule has 1 aromatic heterocycles. The van der Waals surface area contributed by atoms with Gasteiger partial charge < -0.3 is 10.0 Å². The van der Waals surface area contributed by atoms with Crippen molar-refractivity contribution in [2.24, 2.45) is 7.05 Å². The van der Waals surface area contributed by atoms with Gasteiger partial charge in [0, 0.05) is 32.1 Å². The molecule has 0 spiro atoms. The number of carbonyl (C=O) groups is 2. The third-order valence-corrected chi connectivity index (χ3v) is 3.91. The van der Waals surface area contributed by atoms with Crippen molar-refractivity contribution in [3.63, 3.8) is 0 Å². The van der Waals surface area contributed by atoms with Gasteiger partial charge in [0.1, 0.15) is 0 Å². The molecule has 122 valence electrons. The van der Waals surface area contributed by atoms with Crippen LogP contribution in [0.2, 0.25) is 0 Å². The smallest absolute Gasteiger partial charge is 0.354 e. The predicted octanol–water partition coefficient (Wildman–Crippen LogP) is 2.64. The summed E-state index contributed by atoms with van der Waals surface area (Å²) in [5, 5.41) is 14.2. The number of aryl methyl sites for hydroxylation is 1. The van der Waals surface area contributed by atoms with Crippen LogP contribution in [0, 0.1) is 0 Å². The Labute approximate surface area is 138 Å². The van der Waals surface area contributed by atoms with E-state index in [0.717, 1.165) is 11.1 Å². The first-order valence-corrected chi connectivity index (χ1v) is 7.40. The molecule has 0 aliphatic heterocycles. The van der Waals surface area contributed by atoms with Gasteiger partial charge in [-0.1, -0.05) is 18.2 Å². The number of carboxylic acids is 1. The molecule has 0 atom stereocenters. The number of carbonyl (C=O) groups excluding carboxylic acids is 1. The van der Waals surface area contributed by atoms with Gasteiger partial charge in [0.2, 0.25) is 0 Å². The second-order valence-corrected chi connectivity index (χ2v) is 5.79. The Kier molecular flexibility index (Phi) is 3.81. The number of rotatable bonds is 3. The Morgan fingerprint density at radius 2 is 1.67 bits per heavy atom. The van der Waals surface area contributed by atoms with Gasteiger partial charge in [-0.15, -0.1) is 0 Å². The summed E-state index contributed by atoms with van der Waals surface area (Å²) < 4.78 is 1.37. The van der Waals surface area contributed by atoms with E-state index in [1.807, 2.05) is 24.3 Å². The minimum atomic E-state index is -1.01. The first-order valence-electron chi connectivity index (χ1n) is 7.40. The van der Waals surface area contributed by atoms with Gasteiger partial charge >= 0.3 is 5.97 Å². The maximum atomic E-state index is 11.9. The van der Waals surface area contributed by atoms with Crippen molar-refractivity contribution >= 4 is 22.8 Å². The summed E-state index contributed by atoms with van der Waals surface area (Å²) in [6, 6.07) is 12.8. The quantitative estimate of drug-likeness (QED) is 0.804. The maximum absolute atomic E-state index is 11.9. The first kappa shape index (κ1) is 15.7. The Morgan fingerprint density at radius 1 is 1.04 bits per heavy atom. The summed E-state index contributed by atoms with van der Waals surface area (Å²) in [4.78, 5) is 24.9. The maximum Gasteiger partial charge on any atom is 0.354 e. The molecule has 0 radical (unpaired) electrons. The monoisotopic (exact) mass is 323 g/mol. The number of hydrogen-bond donors (Lipinski definition) is 1. The minimum absolute atomic E-state index is 0.0579. The Bertz CT molecular complexity index is 940. The number of nitrogens with zero attached hydrogens (tertiary/aromatic N) is 3. The number of fused-ring (bicyclic) bond motifs is 1. The first-order chi connectivity index (χ1) is 11.4. The van der Waals surface area contributed by atoms with Crippen LogP contribution >= 0.6 is 0 Å². The lowest BCUT2D eigenvalue weighted by molar-refractivity contribution is 0.0686. The summed E-state index contributed by atoms with van der Waals surface area (Å²) in [7, 11) is 5.03. The molecule has 24 heavy (non-hydrogen) atoms. The fourth-order valence-corrected chi connectivity index (χ4v) is 2.70. The van der Waals surface area contributed by atoms with Crippen LogP contribution in [0.4, 0.5) is 0 Å². The lowest BCUT2D eigenvalue weighted by atomic mass is 10.0. The summed E-state index contributed by atoms with van der Waals surface area (Å²) >= 11 is 0. The summed E-state index contributed by atoms with van der Waals surface area (Å²) in [5.41, 5.74) is 3.19. The average molecular weight is 323 g/mol. The van der Waals surface area contributed by atoms with Gasteiger partial charge in [-0.3, -0.25) is 9.48 Å². The van der Waals surface area contributed by atoms with Gasteiger partial charge in [0.25, 0.3) is 5.91 Å². The second-order valence-electron chi connectivity index (χ2n) is 5.79.